The van der Waals surface area contributed by atoms with E-state index in [-0.39, 0.29) is 0 Å². The summed E-state index contributed by atoms with van der Waals surface area (Å²) in [4.78, 5) is 9.01. The largest absolute Gasteiger partial charge is 0.373 e. The summed E-state index contributed by atoms with van der Waals surface area (Å²) in [5, 5.41) is 4.55. The highest BCUT2D eigenvalue weighted by Gasteiger charge is 2.14. The van der Waals surface area contributed by atoms with Crippen LogP contribution < -0.4 is 5.32 Å². The number of hydrogen-bond donors (Lipinski definition) is 1. The van der Waals surface area contributed by atoms with E-state index in [0.717, 1.165) is 16.5 Å². The van der Waals surface area contributed by atoms with Gasteiger partial charge < -0.3 is 5.32 Å². The molecule has 3 rings (SSSR count). The first kappa shape index (κ1) is 13.9. The molecule has 0 saturated carbocycles. The Morgan fingerprint density at radius 2 is 1.90 bits per heavy atom. The zero-order valence-corrected chi connectivity index (χ0v) is 13.3. The van der Waals surface area contributed by atoms with Crippen LogP contribution in [0.4, 0.5) is 5.82 Å². The minimum atomic E-state index is 0.539. The van der Waals surface area contributed by atoms with E-state index < -0.39 is 0 Å². The molecule has 0 fully saturated rings. The highest BCUT2D eigenvalue weighted by Crippen LogP contribution is 2.38. The highest BCUT2D eigenvalue weighted by atomic mass is 35.5. The maximum atomic E-state index is 6.16. The van der Waals surface area contributed by atoms with Crippen LogP contribution in [0.1, 0.15) is 0 Å². The molecule has 2 heterocycles. The fraction of sp³-hybridized carbons (Fsp3) is 0.0769. The Kier molecular flexibility index (Phi) is 3.73. The number of thiophene rings is 1. The lowest BCUT2D eigenvalue weighted by molar-refractivity contribution is 1.22. The third-order valence-corrected chi connectivity index (χ3v) is 4.51. The molecule has 1 N–H and O–H groups in total. The van der Waals surface area contributed by atoms with Crippen LogP contribution in [-0.2, 0) is 0 Å². The van der Waals surface area contributed by atoms with Gasteiger partial charge in [-0.05, 0) is 24.3 Å². The summed E-state index contributed by atoms with van der Waals surface area (Å²) in [7, 11) is 1.80. The van der Waals surface area contributed by atoms with Gasteiger partial charge in [-0.15, -0.1) is 11.3 Å². The van der Waals surface area contributed by atoms with Crippen LogP contribution >= 0.6 is 46.1 Å². The quantitative estimate of drug-likeness (QED) is 0.680. The van der Waals surface area contributed by atoms with Crippen molar-refractivity contribution in [2.75, 3.05) is 12.4 Å². The minimum absolute atomic E-state index is 0.539. The second kappa shape index (κ2) is 5.37. The SMILES string of the molecule is CNc1nc(-c2cc(Cl)sc2Cl)nc2ccc(Cl)cc12. The van der Waals surface area contributed by atoms with E-state index in [1.54, 1.807) is 19.2 Å². The first-order valence-electron chi connectivity index (χ1n) is 5.69. The van der Waals surface area contributed by atoms with Crippen LogP contribution in [-0.4, -0.2) is 17.0 Å². The summed E-state index contributed by atoms with van der Waals surface area (Å²) in [6, 6.07) is 7.24. The summed E-state index contributed by atoms with van der Waals surface area (Å²) >= 11 is 19.4. The molecule has 0 amide bonds. The zero-order valence-electron chi connectivity index (χ0n) is 10.2. The third-order valence-electron chi connectivity index (χ3n) is 2.79. The Balaban J connectivity index is 2.28. The van der Waals surface area contributed by atoms with E-state index >= 15 is 0 Å². The van der Waals surface area contributed by atoms with Crippen molar-refractivity contribution in [3.63, 3.8) is 0 Å². The monoisotopic (exact) mass is 343 g/mol. The number of anilines is 1. The lowest BCUT2D eigenvalue weighted by atomic mass is 10.2. The summed E-state index contributed by atoms with van der Waals surface area (Å²) in [5.74, 6) is 1.24. The molecule has 0 spiro atoms. The first-order valence-corrected chi connectivity index (χ1v) is 7.64. The van der Waals surface area contributed by atoms with Crippen molar-refractivity contribution in [2.24, 2.45) is 0 Å². The van der Waals surface area contributed by atoms with E-state index in [1.165, 1.54) is 11.3 Å². The van der Waals surface area contributed by atoms with Crippen molar-refractivity contribution in [1.82, 2.24) is 9.97 Å². The van der Waals surface area contributed by atoms with Crippen molar-refractivity contribution in [2.45, 2.75) is 0 Å². The Labute approximate surface area is 134 Å². The normalized spacial score (nSPS) is 11.0. The molecule has 102 valence electrons. The molecule has 0 aliphatic heterocycles. The Hall–Kier alpha value is -1.07. The number of benzene rings is 1. The van der Waals surface area contributed by atoms with Crippen molar-refractivity contribution in [3.8, 4) is 11.4 Å². The Morgan fingerprint density at radius 3 is 2.55 bits per heavy atom. The van der Waals surface area contributed by atoms with Gasteiger partial charge in [0.05, 0.1) is 15.4 Å². The molecule has 3 nitrogen and oxygen atoms in total. The molecule has 0 bridgehead atoms. The van der Waals surface area contributed by atoms with Crippen molar-refractivity contribution < 1.29 is 0 Å². The van der Waals surface area contributed by atoms with Crippen LogP contribution in [0.15, 0.2) is 24.3 Å². The zero-order chi connectivity index (χ0) is 14.3. The molecule has 0 saturated heterocycles. The molecule has 0 aliphatic carbocycles. The maximum absolute atomic E-state index is 6.16. The van der Waals surface area contributed by atoms with Gasteiger partial charge in [0, 0.05) is 17.5 Å². The number of nitrogens with one attached hydrogen (secondary N) is 1. The molecule has 0 aliphatic rings. The summed E-state index contributed by atoms with van der Waals surface area (Å²) in [6.45, 7) is 0. The second-order valence-corrected chi connectivity index (χ2v) is 6.77. The van der Waals surface area contributed by atoms with Crippen LogP contribution in [0.25, 0.3) is 22.3 Å². The van der Waals surface area contributed by atoms with Crippen LogP contribution in [0, 0.1) is 0 Å². The molecule has 7 heteroatoms. The topological polar surface area (TPSA) is 37.8 Å². The lowest BCUT2D eigenvalue weighted by Gasteiger charge is -2.08. The van der Waals surface area contributed by atoms with Gasteiger partial charge in [-0.1, -0.05) is 34.8 Å². The molecule has 0 radical (unpaired) electrons. The Morgan fingerprint density at radius 1 is 1.10 bits per heavy atom. The van der Waals surface area contributed by atoms with E-state index in [0.29, 0.717) is 25.3 Å². The van der Waals surface area contributed by atoms with Crippen LogP contribution in [0.5, 0.6) is 0 Å². The molecular weight excluding hydrogens is 337 g/mol. The van der Waals surface area contributed by atoms with Gasteiger partial charge >= 0.3 is 0 Å². The third kappa shape index (κ3) is 2.44. The molecule has 1 aromatic carbocycles. The second-order valence-electron chi connectivity index (χ2n) is 4.05. The average molecular weight is 345 g/mol. The number of aromatic nitrogens is 2. The number of fused-ring (bicyclic) bond motifs is 1. The van der Waals surface area contributed by atoms with Gasteiger partial charge in [0.2, 0.25) is 0 Å². The summed E-state index contributed by atoms with van der Waals surface area (Å²) in [6.07, 6.45) is 0. The van der Waals surface area contributed by atoms with E-state index in [4.69, 9.17) is 34.8 Å². The molecule has 3 aromatic rings. The van der Waals surface area contributed by atoms with Gasteiger partial charge in [-0.3, -0.25) is 0 Å². The average Bonchev–Trinajstić information content (AvgIpc) is 2.76. The van der Waals surface area contributed by atoms with Gasteiger partial charge in [-0.25, -0.2) is 9.97 Å². The predicted octanol–water partition coefficient (Wildman–Crippen LogP) is 5.36. The van der Waals surface area contributed by atoms with Gasteiger partial charge in [0.25, 0.3) is 0 Å². The fourth-order valence-electron chi connectivity index (χ4n) is 1.90. The number of hydrogen-bond acceptors (Lipinski definition) is 4. The molecule has 2 aromatic heterocycles. The highest BCUT2D eigenvalue weighted by molar-refractivity contribution is 7.20. The predicted molar refractivity (Wildman–Crippen MR) is 87.4 cm³/mol. The van der Waals surface area contributed by atoms with Gasteiger partial charge in [0.1, 0.15) is 10.2 Å². The number of rotatable bonds is 2. The molecule has 0 atom stereocenters. The van der Waals surface area contributed by atoms with E-state index in [1.807, 2.05) is 12.1 Å². The van der Waals surface area contributed by atoms with Gasteiger partial charge in [0.15, 0.2) is 5.82 Å². The summed E-state index contributed by atoms with van der Waals surface area (Å²) in [5.41, 5.74) is 1.53. The standard InChI is InChI=1S/C13H8Cl3N3S/c1-17-12-7-4-6(14)2-3-9(7)18-13(19-12)8-5-10(15)20-11(8)16/h2-5H,1H3,(H,17,18,19). The van der Waals surface area contributed by atoms with Crippen LogP contribution in [0.3, 0.4) is 0 Å². The first-order chi connectivity index (χ1) is 9.58. The molecular formula is C13H8Cl3N3S. The molecule has 20 heavy (non-hydrogen) atoms. The summed E-state index contributed by atoms with van der Waals surface area (Å²) < 4.78 is 1.18. The van der Waals surface area contributed by atoms with E-state index in [9.17, 15) is 0 Å². The fourth-order valence-corrected chi connectivity index (χ4v) is 3.53. The maximum Gasteiger partial charge on any atom is 0.164 e. The van der Waals surface area contributed by atoms with Crippen LogP contribution in [0.2, 0.25) is 13.7 Å². The smallest absolute Gasteiger partial charge is 0.164 e. The minimum Gasteiger partial charge on any atom is -0.373 e. The van der Waals surface area contributed by atoms with Gasteiger partial charge in [-0.2, -0.15) is 0 Å². The van der Waals surface area contributed by atoms with Crippen molar-refractivity contribution >= 4 is 62.9 Å². The Bertz CT molecular complexity index is 801. The lowest BCUT2D eigenvalue weighted by Crippen LogP contribution is -1.98. The molecule has 0 unspecified atom stereocenters. The number of nitrogens with zero attached hydrogens (tertiary/aromatic N) is 2. The van der Waals surface area contributed by atoms with Crippen molar-refractivity contribution in [3.05, 3.63) is 38.0 Å². The number of halogens is 3. The van der Waals surface area contributed by atoms with Crippen molar-refractivity contribution in [1.29, 1.82) is 0 Å². The van der Waals surface area contributed by atoms with E-state index in [2.05, 4.69) is 15.3 Å².